The highest BCUT2D eigenvalue weighted by molar-refractivity contribution is 6.00. The molecule has 98 valence electrons. The van der Waals surface area contributed by atoms with Crippen LogP contribution in [0.25, 0.3) is 0 Å². The third kappa shape index (κ3) is 2.03. The number of nitrogens with zero attached hydrogens (tertiary/aromatic N) is 3. The number of aryl methyl sites for hydroxylation is 1. The fraction of sp³-hybridized carbons (Fsp3) is 0.545. The first kappa shape index (κ1) is 12.4. The van der Waals surface area contributed by atoms with Crippen LogP contribution in [0.5, 0.6) is 0 Å². The van der Waals surface area contributed by atoms with Crippen LogP contribution in [0, 0.1) is 0 Å². The van der Waals surface area contributed by atoms with Gasteiger partial charge in [-0.3, -0.25) is 14.3 Å². The van der Waals surface area contributed by atoms with Gasteiger partial charge < -0.3 is 16.0 Å². The SMILES string of the molecule is CCn1ncc(N)c1C(=O)NC1CCN(C)C1=O. The highest BCUT2D eigenvalue weighted by Gasteiger charge is 2.31. The molecule has 0 saturated carbocycles. The maximum Gasteiger partial charge on any atom is 0.272 e. The van der Waals surface area contributed by atoms with Gasteiger partial charge >= 0.3 is 0 Å². The zero-order valence-electron chi connectivity index (χ0n) is 10.5. The van der Waals surface area contributed by atoms with Gasteiger partial charge in [-0.15, -0.1) is 0 Å². The number of carbonyl (C=O) groups is 2. The van der Waals surface area contributed by atoms with E-state index in [1.54, 1.807) is 11.9 Å². The summed E-state index contributed by atoms with van der Waals surface area (Å²) < 4.78 is 1.52. The van der Waals surface area contributed by atoms with Gasteiger partial charge in [0.25, 0.3) is 5.91 Å². The average Bonchev–Trinajstić information content (AvgIpc) is 2.86. The van der Waals surface area contributed by atoms with Gasteiger partial charge in [0.1, 0.15) is 11.7 Å². The summed E-state index contributed by atoms with van der Waals surface area (Å²) >= 11 is 0. The minimum atomic E-state index is -0.456. The van der Waals surface area contributed by atoms with Crippen molar-refractivity contribution in [3.05, 3.63) is 11.9 Å². The van der Waals surface area contributed by atoms with Crippen LogP contribution in [0.2, 0.25) is 0 Å². The maximum absolute atomic E-state index is 12.1. The Labute approximate surface area is 105 Å². The number of rotatable bonds is 3. The standard InChI is InChI=1S/C11H17N5O2/c1-3-16-9(7(12)6-13-16)10(17)14-8-4-5-15(2)11(8)18/h6,8H,3-5,12H2,1-2H3,(H,14,17). The second-order valence-electron chi connectivity index (χ2n) is 4.34. The minimum Gasteiger partial charge on any atom is -0.396 e. The lowest BCUT2D eigenvalue weighted by atomic mass is 10.2. The topological polar surface area (TPSA) is 93.2 Å². The Bertz CT molecular complexity index is 482. The monoisotopic (exact) mass is 251 g/mol. The van der Waals surface area contributed by atoms with Crippen molar-refractivity contribution >= 4 is 17.5 Å². The predicted octanol–water partition coefficient (Wildman–Crippen LogP) is -0.554. The summed E-state index contributed by atoms with van der Waals surface area (Å²) in [6, 6.07) is -0.456. The summed E-state index contributed by atoms with van der Waals surface area (Å²) in [7, 11) is 1.72. The molecular weight excluding hydrogens is 234 g/mol. The fourth-order valence-electron chi connectivity index (χ4n) is 2.07. The van der Waals surface area contributed by atoms with Gasteiger partial charge in [0.2, 0.25) is 5.91 Å². The number of likely N-dealkylation sites (N-methyl/N-ethyl adjacent to an activating group) is 1. The van der Waals surface area contributed by atoms with Gasteiger partial charge in [-0.2, -0.15) is 5.10 Å². The first-order valence-corrected chi connectivity index (χ1v) is 5.91. The van der Waals surface area contributed by atoms with E-state index in [1.807, 2.05) is 6.92 Å². The molecule has 1 unspecified atom stereocenters. The molecule has 1 aliphatic heterocycles. The molecule has 1 atom stereocenters. The number of carbonyl (C=O) groups excluding carboxylic acids is 2. The minimum absolute atomic E-state index is 0.0653. The van der Waals surface area contributed by atoms with Gasteiger partial charge in [0.15, 0.2) is 0 Å². The molecule has 2 rings (SSSR count). The predicted molar refractivity (Wildman–Crippen MR) is 65.8 cm³/mol. The summed E-state index contributed by atoms with van der Waals surface area (Å²) in [5.74, 6) is -0.412. The summed E-state index contributed by atoms with van der Waals surface area (Å²) in [4.78, 5) is 25.4. The van der Waals surface area contributed by atoms with Crippen molar-refractivity contribution in [1.29, 1.82) is 0 Å². The zero-order chi connectivity index (χ0) is 13.3. The van der Waals surface area contributed by atoms with E-state index in [1.165, 1.54) is 10.9 Å². The fourth-order valence-corrected chi connectivity index (χ4v) is 2.07. The lowest BCUT2D eigenvalue weighted by molar-refractivity contribution is -0.128. The molecule has 1 aromatic heterocycles. The normalized spacial score (nSPS) is 19.3. The Hall–Kier alpha value is -2.05. The summed E-state index contributed by atoms with van der Waals surface area (Å²) in [6.07, 6.45) is 2.07. The number of hydrogen-bond acceptors (Lipinski definition) is 4. The first-order valence-electron chi connectivity index (χ1n) is 5.91. The third-order valence-electron chi connectivity index (χ3n) is 3.12. The first-order chi connectivity index (χ1) is 8.54. The second-order valence-corrected chi connectivity index (χ2v) is 4.34. The number of aromatic nitrogens is 2. The summed E-state index contributed by atoms with van der Waals surface area (Å²) in [5.41, 5.74) is 6.36. The molecule has 1 fully saturated rings. The van der Waals surface area contributed by atoms with Crippen molar-refractivity contribution in [2.24, 2.45) is 0 Å². The Morgan fingerprint density at radius 3 is 2.94 bits per heavy atom. The molecule has 0 spiro atoms. The molecule has 0 bridgehead atoms. The van der Waals surface area contributed by atoms with Gasteiger partial charge in [-0.05, 0) is 13.3 Å². The van der Waals surface area contributed by atoms with Crippen molar-refractivity contribution in [3.63, 3.8) is 0 Å². The molecule has 0 aromatic carbocycles. The molecule has 2 heterocycles. The summed E-state index contributed by atoms with van der Waals surface area (Å²) in [6.45, 7) is 3.09. The number of likely N-dealkylation sites (tertiary alicyclic amines) is 1. The molecule has 0 radical (unpaired) electrons. The van der Waals surface area contributed by atoms with Crippen LogP contribution < -0.4 is 11.1 Å². The number of hydrogen-bond donors (Lipinski definition) is 2. The number of anilines is 1. The smallest absolute Gasteiger partial charge is 0.272 e. The molecule has 1 saturated heterocycles. The van der Waals surface area contributed by atoms with E-state index in [2.05, 4.69) is 10.4 Å². The van der Waals surface area contributed by atoms with E-state index in [9.17, 15) is 9.59 Å². The van der Waals surface area contributed by atoms with Crippen LogP contribution in [0.15, 0.2) is 6.20 Å². The van der Waals surface area contributed by atoms with Crippen LogP contribution in [0.1, 0.15) is 23.8 Å². The molecule has 0 aliphatic carbocycles. The van der Waals surface area contributed by atoms with Crippen LogP contribution in [-0.2, 0) is 11.3 Å². The number of nitrogen functional groups attached to an aromatic ring is 1. The van der Waals surface area contributed by atoms with Crippen LogP contribution >= 0.6 is 0 Å². The Kier molecular flexibility index (Phi) is 3.22. The lowest BCUT2D eigenvalue weighted by Crippen LogP contribution is -2.41. The Morgan fingerprint density at radius 2 is 2.39 bits per heavy atom. The van der Waals surface area contributed by atoms with Crippen molar-refractivity contribution in [2.45, 2.75) is 25.9 Å². The summed E-state index contributed by atoms with van der Waals surface area (Å²) in [5, 5.41) is 6.71. The zero-order valence-corrected chi connectivity index (χ0v) is 10.5. The van der Waals surface area contributed by atoms with Crippen molar-refractivity contribution < 1.29 is 9.59 Å². The number of nitrogens with two attached hydrogens (primary N) is 1. The van der Waals surface area contributed by atoms with E-state index in [-0.39, 0.29) is 11.8 Å². The third-order valence-corrected chi connectivity index (χ3v) is 3.12. The maximum atomic E-state index is 12.1. The van der Waals surface area contributed by atoms with Crippen molar-refractivity contribution in [3.8, 4) is 0 Å². The Balaban J connectivity index is 2.13. The van der Waals surface area contributed by atoms with Gasteiger partial charge in [-0.1, -0.05) is 0 Å². The molecule has 18 heavy (non-hydrogen) atoms. The Morgan fingerprint density at radius 1 is 1.67 bits per heavy atom. The van der Waals surface area contributed by atoms with Gasteiger partial charge in [0.05, 0.1) is 11.9 Å². The second kappa shape index (κ2) is 4.67. The van der Waals surface area contributed by atoms with Gasteiger partial charge in [0, 0.05) is 20.1 Å². The number of nitrogens with one attached hydrogen (secondary N) is 1. The van der Waals surface area contributed by atoms with E-state index < -0.39 is 6.04 Å². The van der Waals surface area contributed by atoms with E-state index in [0.29, 0.717) is 30.9 Å². The van der Waals surface area contributed by atoms with E-state index in [0.717, 1.165) is 0 Å². The van der Waals surface area contributed by atoms with E-state index in [4.69, 9.17) is 5.73 Å². The van der Waals surface area contributed by atoms with Gasteiger partial charge in [-0.25, -0.2) is 0 Å². The molecular formula is C11H17N5O2. The lowest BCUT2D eigenvalue weighted by Gasteiger charge is -2.13. The van der Waals surface area contributed by atoms with Crippen LogP contribution in [0.4, 0.5) is 5.69 Å². The quantitative estimate of drug-likeness (QED) is 0.753. The molecule has 2 amide bonds. The molecule has 1 aliphatic rings. The molecule has 1 aromatic rings. The molecule has 3 N–H and O–H groups in total. The van der Waals surface area contributed by atoms with Crippen LogP contribution in [0.3, 0.4) is 0 Å². The highest BCUT2D eigenvalue weighted by Crippen LogP contribution is 2.13. The van der Waals surface area contributed by atoms with Crippen LogP contribution in [-0.4, -0.2) is 46.1 Å². The van der Waals surface area contributed by atoms with Crippen molar-refractivity contribution in [1.82, 2.24) is 20.0 Å². The number of amides is 2. The van der Waals surface area contributed by atoms with E-state index >= 15 is 0 Å². The highest BCUT2D eigenvalue weighted by atomic mass is 16.2. The van der Waals surface area contributed by atoms with Crippen molar-refractivity contribution in [2.75, 3.05) is 19.3 Å². The largest absolute Gasteiger partial charge is 0.396 e. The average molecular weight is 251 g/mol. The molecule has 7 nitrogen and oxygen atoms in total. The molecule has 7 heteroatoms.